The summed E-state index contributed by atoms with van der Waals surface area (Å²) in [4.78, 5) is 56.6. The van der Waals surface area contributed by atoms with Crippen LogP contribution in [0.4, 0.5) is 0 Å². The van der Waals surface area contributed by atoms with Gasteiger partial charge in [-0.25, -0.2) is 19.2 Å². The van der Waals surface area contributed by atoms with Crippen LogP contribution in [0, 0.1) is 0 Å². The van der Waals surface area contributed by atoms with E-state index in [0.717, 1.165) is 0 Å². The lowest BCUT2D eigenvalue weighted by atomic mass is 9.95. The lowest BCUT2D eigenvalue weighted by Crippen LogP contribution is -2.68. The molecule has 11 atom stereocenters. The summed E-state index contributed by atoms with van der Waals surface area (Å²) in [5, 5.41) is 11.2. The molecule has 0 bridgehead atoms. The molecule has 3 fully saturated rings. The molecule has 3 heterocycles. The highest BCUT2D eigenvalue weighted by atomic mass is 16.8. The van der Waals surface area contributed by atoms with Gasteiger partial charge in [0.2, 0.25) is 12.4 Å². The van der Waals surface area contributed by atoms with Crippen molar-refractivity contribution in [1.29, 1.82) is 0 Å². The van der Waals surface area contributed by atoms with Crippen LogP contribution in [-0.4, -0.2) is 111 Å². The molecule has 0 aliphatic carbocycles. The molecule has 0 saturated carbocycles. The first-order valence-electron chi connectivity index (χ1n) is 22.5. The number of benzene rings is 6. The number of carbonyl (C=O) groups is 4. The molecule has 0 aromatic heterocycles. The van der Waals surface area contributed by atoms with Crippen molar-refractivity contribution in [3.63, 3.8) is 0 Å². The lowest BCUT2D eigenvalue weighted by Gasteiger charge is -2.50. The van der Waals surface area contributed by atoms with E-state index >= 15 is 0 Å². The van der Waals surface area contributed by atoms with E-state index in [1.54, 1.807) is 121 Å². The molecule has 1 N–H and O–H groups in total. The van der Waals surface area contributed by atoms with E-state index in [1.165, 1.54) is 43.5 Å². The van der Waals surface area contributed by atoms with Crippen LogP contribution in [-0.2, 0) is 42.6 Å². The summed E-state index contributed by atoms with van der Waals surface area (Å²) in [7, 11) is 1.51. The number of esters is 4. The molecule has 0 unspecified atom stereocenters. The van der Waals surface area contributed by atoms with Gasteiger partial charge in [0, 0.05) is 5.56 Å². The van der Waals surface area contributed by atoms with E-state index < -0.39 is 98.2 Å². The first-order chi connectivity index (χ1) is 34.3. The Morgan fingerprint density at radius 1 is 0.486 bits per heavy atom. The van der Waals surface area contributed by atoms with Crippen LogP contribution >= 0.6 is 0 Å². The third-order valence-electron chi connectivity index (χ3n) is 11.7. The van der Waals surface area contributed by atoms with E-state index in [1.807, 2.05) is 18.2 Å². The van der Waals surface area contributed by atoms with Crippen molar-refractivity contribution in [1.82, 2.24) is 0 Å². The molecule has 16 nitrogen and oxygen atoms in total. The maximum absolute atomic E-state index is 14.2. The van der Waals surface area contributed by atoms with Crippen LogP contribution in [0.3, 0.4) is 0 Å². The topological polar surface area (TPSA) is 190 Å². The molecule has 16 heteroatoms. The predicted octanol–water partition coefficient (Wildman–Crippen LogP) is 6.92. The second-order valence-electron chi connectivity index (χ2n) is 16.3. The SMILES string of the molecule is COc1ccc(O[C@@H]2O[C@H](CO)[C@@H](O[C@H]3O[C@@H]4CO[C@@H](c5ccccc5)O[C@H]4[C@H](OC(=O)c4ccccc4)[C@H]3OC(=O)c3ccccc3)[C@H](OC(=O)c3ccccc3)[C@H]2OC(=O)c2ccccc2)cc1. The summed E-state index contributed by atoms with van der Waals surface area (Å²) in [6, 6.07) is 48.0. The number of hydrogen-bond donors (Lipinski definition) is 1. The van der Waals surface area contributed by atoms with Crippen LogP contribution in [0.2, 0.25) is 0 Å². The standard InChI is InChI=1S/C54H48O16/c1-60-38-27-29-39(30-28-38)62-53-46(67-50(58)35-21-11-4-12-22-35)44(65-48(56)33-17-7-2-8-18-33)42(40(31-55)63-53)70-54-47(68-51(59)36-23-13-5-14-24-36)45(66-49(57)34-19-9-3-10-20-34)43-41(64-54)32-61-52(69-43)37-25-15-6-16-26-37/h2-30,40-47,52-55H,31-32H2,1H3/t40-,41-,42-,43-,44+,45+,46-,47-,52-,53-,54-/m1/s1. The average Bonchev–Trinajstić information content (AvgIpc) is 3.42. The van der Waals surface area contributed by atoms with E-state index in [9.17, 15) is 24.3 Å². The van der Waals surface area contributed by atoms with Crippen LogP contribution in [0.1, 0.15) is 53.3 Å². The predicted molar refractivity (Wildman–Crippen MR) is 245 cm³/mol. The number of hydrogen-bond acceptors (Lipinski definition) is 16. The van der Waals surface area contributed by atoms with Crippen LogP contribution in [0.5, 0.6) is 11.5 Å². The minimum Gasteiger partial charge on any atom is -0.497 e. The zero-order valence-electron chi connectivity index (χ0n) is 37.6. The Kier molecular flexibility index (Phi) is 15.2. The van der Waals surface area contributed by atoms with Gasteiger partial charge in [-0.1, -0.05) is 103 Å². The summed E-state index contributed by atoms with van der Waals surface area (Å²) >= 11 is 0. The summed E-state index contributed by atoms with van der Waals surface area (Å²) in [5.74, 6) is -2.58. The molecular weight excluding hydrogens is 905 g/mol. The lowest BCUT2D eigenvalue weighted by molar-refractivity contribution is -0.380. The number of aliphatic hydroxyl groups is 1. The van der Waals surface area contributed by atoms with Gasteiger partial charge in [-0.15, -0.1) is 0 Å². The van der Waals surface area contributed by atoms with Crippen molar-refractivity contribution in [3.05, 3.63) is 204 Å². The minimum atomic E-state index is -1.71. The summed E-state index contributed by atoms with van der Waals surface area (Å²) in [6.45, 7) is -0.911. The fraction of sp³-hybridized carbons (Fsp3) is 0.259. The monoisotopic (exact) mass is 952 g/mol. The molecule has 3 aliphatic rings. The molecule has 0 spiro atoms. The van der Waals surface area contributed by atoms with Gasteiger partial charge in [-0.2, -0.15) is 0 Å². The van der Waals surface area contributed by atoms with Gasteiger partial charge in [-0.3, -0.25) is 0 Å². The number of ether oxygens (including phenoxy) is 11. The first-order valence-corrected chi connectivity index (χ1v) is 22.5. The zero-order valence-corrected chi connectivity index (χ0v) is 37.6. The first kappa shape index (κ1) is 47.6. The molecule has 3 aliphatic heterocycles. The molecule has 0 amide bonds. The van der Waals surface area contributed by atoms with Gasteiger partial charge in [0.25, 0.3) is 0 Å². The number of rotatable bonds is 15. The van der Waals surface area contributed by atoms with Gasteiger partial charge in [0.05, 0.1) is 42.6 Å². The minimum absolute atomic E-state index is 0.123. The highest BCUT2D eigenvalue weighted by Gasteiger charge is 2.59. The number of carbonyl (C=O) groups excluding carboxylic acids is 4. The maximum Gasteiger partial charge on any atom is 0.338 e. The maximum atomic E-state index is 14.2. The highest BCUT2D eigenvalue weighted by molar-refractivity contribution is 5.91. The van der Waals surface area contributed by atoms with Gasteiger partial charge in [-0.05, 0) is 72.8 Å². The molecule has 360 valence electrons. The summed E-state index contributed by atoms with van der Waals surface area (Å²) in [6.07, 6.45) is -15.8. The fourth-order valence-electron chi connectivity index (χ4n) is 8.25. The Bertz CT molecular complexity index is 2660. The van der Waals surface area contributed by atoms with E-state index in [-0.39, 0.29) is 34.6 Å². The van der Waals surface area contributed by atoms with Gasteiger partial charge in [0.1, 0.15) is 35.9 Å². The third kappa shape index (κ3) is 11.0. The van der Waals surface area contributed by atoms with E-state index in [2.05, 4.69) is 0 Å². The second kappa shape index (κ2) is 22.3. The van der Waals surface area contributed by atoms with Crippen molar-refractivity contribution in [3.8, 4) is 11.5 Å². The molecule has 6 aromatic carbocycles. The van der Waals surface area contributed by atoms with Crippen molar-refractivity contribution in [2.75, 3.05) is 20.3 Å². The normalized spacial score (nSPS) is 26.1. The number of fused-ring (bicyclic) bond motifs is 1. The summed E-state index contributed by atoms with van der Waals surface area (Å²) < 4.78 is 69.3. The Morgan fingerprint density at radius 3 is 1.39 bits per heavy atom. The van der Waals surface area contributed by atoms with Crippen LogP contribution in [0.25, 0.3) is 0 Å². The van der Waals surface area contributed by atoms with Crippen molar-refractivity contribution in [2.24, 2.45) is 0 Å². The fourth-order valence-corrected chi connectivity index (χ4v) is 8.25. The quantitative estimate of drug-likeness (QED) is 0.0824. The van der Waals surface area contributed by atoms with Crippen molar-refractivity contribution in [2.45, 2.75) is 67.7 Å². The highest BCUT2D eigenvalue weighted by Crippen LogP contribution is 2.40. The average molecular weight is 953 g/mol. The van der Waals surface area contributed by atoms with E-state index in [4.69, 9.17) is 52.1 Å². The molecular formula is C54H48O16. The smallest absolute Gasteiger partial charge is 0.338 e. The molecule has 9 rings (SSSR count). The van der Waals surface area contributed by atoms with Crippen LogP contribution in [0.15, 0.2) is 176 Å². The Hall–Kier alpha value is -7.44. The van der Waals surface area contributed by atoms with Crippen molar-refractivity contribution >= 4 is 23.9 Å². The third-order valence-corrected chi connectivity index (χ3v) is 11.7. The van der Waals surface area contributed by atoms with Crippen LogP contribution < -0.4 is 9.47 Å². The molecule has 3 saturated heterocycles. The van der Waals surface area contributed by atoms with Crippen molar-refractivity contribution < 1.29 is 76.4 Å². The number of methoxy groups -OCH3 is 1. The second-order valence-corrected chi connectivity index (χ2v) is 16.3. The van der Waals surface area contributed by atoms with E-state index in [0.29, 0.717) is 11.3 Å². The Morgan fingerprint density at radius 2 is 0.914 bits per heavy atom. The Balaban J connectivity index is 1.13. The van der Waals surface area contributed by atoms with Gasteiger partial charge >= 0.3 is 23.9 Å². The Labute approximate surface area is 402 Å². The number of aliphatic hydroxyl groups excluding tert-OH is 1. The molecule has 70 heavy (non-hydrogen) atoms. The molecule has 6 aromatic rings. The largest absolute Gasteiger partial charge is 0.497 e. The van der Waals surface area contributed by atoms with Gasteiger partial charge < -0.3 is 57.2 Å². The summed E-state index contributed by atoms with van der Waals surface area (Å²) in [5.41, 5.74) is 1.24. The molecule has 0 radical (unpaired) electrons. The van der Waals surface area contributed by atoms with Gasteiger partial charge in [0.15, 0.2) is 30.9 Å². The zero-order chi connectivity index (χ0) is 48.4.